The number of allylic oxidation sites excluding steroid dienone is 10. The summed E-state index contributed by atoms with van der Waals surface area (Å²) in [5.74, 6) is -0.846. The number of nitrogens with two attached hydrogens (primary N) is 1. The average Bonchev–Trinajstić information content (AvgIpc) is 3.18. The summed E-state index contributed by atoms with van der Waals surface area (Å²) in [7, 11) is -4.38. The quantitative estimate of drug-likeness (QED) is 0.0268. The van der Waals surface area contributed by atoms with Gasteiger partial charge in [-0.05, 0) is 77.0 Å². The first-order valence-electron chi connectivity index (χ1n) is 22.3. The van der Waals surface area contributed by atoms with Gasteiger partial charge in [-0.2, -0.15) is 0 Å². The Bertz CT molecular complexity index is 1100. The Morgan fingerprint density at radius 1 is 0.554 bits per heavy atom. The Morgan fingerprint density at radius 2 is 0.982 bits per heavy atom. The second-order valence-electron chi connectivity index (χ2n) is 14.5. The maximum atomic E-state index is 12.6. The Morgan fingerprint density at radius 3 is 1.48 bits per heavy atom. The number of phosphoric acid groups is 1. The molecule has 0 rings (SSSR count). The standard InChI is InChI=1S/C46H82NO8P/c1-3-5-7-9-11-13-15-17-18-19-20-21-22-23-24-25-26-27-29-31-33-35-37-39-46(49)55-44(43-54-56(50,51)53-41-40-47)42-52-45(48)38-36-34-32-30-28-16-14-12-10-8-6-4-2/h5,7,11-14,17-18,20-21,44H,3-4,6,8-10,15-16,19,22-43,47H2,1-2H3,(H,50,51)/b7-5-,13-11-,14-12-,18-17-,21-20-. The molecule has 0 saturated carbocycles. The zero-order valence-corrected chi connectivity index (χ0v) is 36.5. The Balaban J connectivity index is 4.10. The smallest absolute Gasteiger partial charge is 0.462 e. The van der Waals surface area contributed by atoms with E-state index in [-0.39, 0.29) is 32.6 Å². The van der Waals surface area contributed by atoms with E-state index in [1.807, 2.05) is 0 Å². The highest BCUT2D eigenvalue weighted by molar-refractivity contribution is 7.47. The highest BCUT2D eigenvalue weighted by atomic mass is 31.2. The lowest BCUT2D eigenvalue weighted by atomic mass is 10.0. The largest absolute Gasteiger partial charge is 0.472 e. The van der Waals surface area contributed by atoms with Crippen molar-refractivity contribution in [1.82, 2.24) is 0 Å². The molecule has 10 heteroatoms. The van der Waals surface area contributed by atoms with Gasteiger partial charge in [0.15, 0.2) is 6.10 Å². The van der Waals surface area contributed by atoms with Gasteiger partial charge in [0.25, 0.3) is 0 Å². The van der Waals surface area contributed by atoms with Crippen molar-refractivity contribution in [3.05, 3.63) is 60.8 Å². The second kappa shape index (κ2) is 42.3. The first kappa shape index (κ1) is 53.7. The van der Waals surface area contributed by atoms with Crippen molar-refractivity contribution in [2.45, 2.75) is 193 Å². The van der Waals surface area contributed by atoms with Gasteiger partial charge in [-0.1, -0.05) is 158 Å². The van der Waals surface area contributed by atoms with Gasteiger partial charge in [0.2, 0.25) is 0 Å². The van der Waals surface area contributed by atoms with Gasteiger partial charge in [0, 0.05) is 19.4 Å². The second-order valence-corrected chi connectivity index (χ2v) is 16.0. The summed E-state index contributed by atoms with van der Waals surface area (Å²) < 4.78 is 32.8. The third kappa shape index (κ3) is 41.3. The fourth-order valence-corrected chi connectivity index (χ4v) is 6.62. The molecule has 9 nitrogen and oxygen atoms in total. The molecule has 0 aliphatic rings. The van der Waals surface area contributed by atoms with Crippen molar-refractivity contribution in [2.75, 3.05) is 26.4 Å². The molecule has 0 fully saturated rings. The van der Waals surface area contributed by atoms with Crippen molar-refractivity contribution in [1.29, 1.82) is 0 Å². The van der Waals surface area contributed by atoms with Crippen LogP contribution >= 0.6 is 7.82 Å². The lowest BCUT2D eigenvalue weighted by Crippen LogP contribution is -2.29. The summed E-state index contributed by atoms with van der Waals surface area (Å²) >= 11 is 0. The van der Waals surface area contributed by atoms with Gasteiger partial charge in [-0.15, -0.1) is 0 Å². The number of hydrogen-bond donors (Lipinski definition) is 2. The minimum Gasteiger partial charge on any atom is -0.462 e. The molecule has 0 saturated heterocycles. The lowest BCUT2D eigenvalue weighted by molar-refractivity contribution is -0.161. The fraction of sp³-hybridized carbons (Fsp3) is 0.739. The van der Waals surface area contributed by atoms with E-state index < -0.39 is 32.5 Å². The number of carbonyl (C=O) groups excluding carboxylic acids is 2. The van der Waals surface area contributed by atoms with Crippen LogP contribution in [0.3, 0.4) is 0 Å². The summed E-state index contributed by atoms with van der Waals surface area (Å²) in [5.41, 5.74) is 5.35. The minimum absolute atomic E-state index is 0.0495. The predicted octanol–water partition coefficient (Wildman–Crippen LogP) is 12.9. The molecule has 0 aliphatic heterocycles. The summed E-state index contributed by atoms with van der Waals surface area (Å²) in [6.45, 7) is 3.57. The van der Waals surface area contributed by atoms with E-state index in [0.717, 1.165) is 89.9 Å². The van der Waals surface area contributed by atoms with Crippen molar-refractivity contribution in [3.8, 4) is 0 Å². The highest BCUT2D eigenvalue weighted by Crippen LogP contribution is 2.43. The topological polar surface area (TPSA) is 134 Å². The third-order valence-corrected chi connectivity index (χ3v) is 10.1. The highest BCUT2D eigenvalue weighted by Gasteiger charge is 2.26. The summed E-state index contributed by atoms with van der Waals surface area (Å²) in [5, 5.41) is 0. The van der Waals surface area contributed by atoms with Crippen molar-refractivity contribution in [3.63, 3.8) is 0 Å². The molecule has 0 amide bonds. The zero-order chi connectivity index (χ0) is 41.1. The van der Waals surface area contributed by atoms with Crippen molar-refractivity contribution >= 4 is 19.8 Å². The molecule has 0 radical (unpaired) electrons. The Labute approximate surface area is 342 Å². The van der Waals surface area contributed by atoms with Crippen molar-refractivity contribution in [2.24, 2.45) is 5.73 Å². The van der Waals surface area contributed by atoms with Crippen LogP contribution < -0.4 is 5.73 Å². The van der Waals surface area contributed by atoms with Crippen LogP contribution in [0.5, 0.6) is 0 Å². The van der Waals surface area contributed by atoms with Crippen LogP contribution in [0.2, 0.25) is 0 Å². The number of phosphoric ester groups is 1. The van der Waals surface area contributed by atoms with E-state index in [9.17, 15) is 19.0 Å². The Hall–Kier alpha value is -2.29. The number of esters is 2. The van der Waals surface area contributed by atoms with Crippen molar-refractivity contribution < 1.29 is 37.6 Å². The van der Waals surface area contributed by atoms with E-state index in [4.69, 9.17) is 24.3 Å². The molecule has 0 bridgehead atoms. The molecule has 2 unspecified atom stereocenters. The number of ether oxygens (including phenoxy) is 2. The molecule has 0 heterocycles. The zero-order valence-electron chi connectivity index (χ0n) is 35.6. The number of hydrogen-bond acceptors (Lipinski definition) is 8. The first-order valence-corrected chi connectivity index (χ1v) is 23.8. The van der Waals surface area contributed by atoms with Gasteiger partial charge in [0.05, 0.1) is 13.2 Å². The monoisotopic (exact) mass is 808 g/mol. The van der Waals surface area contributed by atoms with E-state index in [1.165, 1.54) is 64.2 Å². The molecule has 0 spiro atoms. The maximum absolute atomic E-state index is 12.6. The van der Waals surface area contributed by atoms with Crippen LogP contribution in [-0.2, 0) is 32.7 Å². The van der Waals surface area contributed by atoms with Crippen LogP contribution in [0.25, 0.3) is 0 Å². The molecule has 0 aliphatic carbocycles. The van der Waals surface area contributed by atoms with Crippen LogP contribution in [-0.4, -0.2) is 49.3 Å². The molecular weight excluding hydrogens is 725 g/mol. The molecule has 3 N–H and O–H groups in total. The molecule has 56 heavy (non-hydrogen) atoms. The van der Waals surface area contributed by atoms with Gasteiger partial charge < -0.3 is 20.1 Å². The van der Waals surface area contributed by atoms with E-state index in [2.05, 4.69) is 74.6 Å². The maximum Gasteiger partial charge on any atom is 0.472 e. The van der Waals surface area contributed by atoms with Gasteiger partial charge >= 0.3 is 19.8 Å². The third-order valence-electron chi connectivity index (χ3n) is 9.14. The predicted molar refractivity (Wildman–Crippen MR) is 233 cm³/mol. The van der Waals surface area contributed by atoms with E-state index in [1.54, 1.807) is 0 Å². The molecule has 0 aromatic rings. The van der Waals surface area contributed by atoms with Gasteiger partial charge in [-0.3, -0.25) is 18.6 Å². The van der Waals surface area contributed by atoms with Gasteiger partial charge in [-0.25, -0.2) is 4.57 Å². The summed E-state index contributed by atoms with van der Waals surface area (Å²) in [6, 6.07) is 0. The molecular formula is C46H82NO8P. The summed E-state index contributed by atoms with van der Waals surface area (Å²) in [4.78, 5) is 34.9. The van der Waals surface area contributed by atoms with Crippen LogP contribution in [0.4, 0.5) is 0 Å². The molecule has 2 atom stereocenters. The number of carbonyl (C=O) groups is 2. The number of rotatable bonds is 41. The normalized spacial score (nSPS) is 13.9. The first-order chi connectivity index (χ1) is 27.3. The van der Waals surface area contributed by atoms with Crippen LogP contribution in [0.15, 0.2) is 60.8 Å². The SMILES string of the molecule is CC/C=C\C/C=C\C/C=C\C/C=C\CCCCCCCCCCCCC(=O)OC(COC(=O)CCCCCCC/C=C\CCCCC)COP(=O)(O)OCCN. The van der Waals surface area contributed by atoms with Crippen LogP contribution in [0, 0.1) is 0 Å². The molecule has 0 aromatic carbocycles. The Kier molecular flexibility index (Phi) is 40.6. The molecule has 0 aromatic heterocycles. The van der Waals surface area contributed by atoms with Gasteiger partial charge in [0.1, 0.15) is 6.61 Å². The van der Waals surface area contributed by atoms with Crippen LogP contribution in [0.1, 0.15) is 187 Å². The molecule has 324 valence electrons. The number of unbranched alkanes of at least 4 members (excludes halogenated alkanes) is 18. The lowest BCUT2D eigenvalue weighted by Gasteiger charge is -2.19. The minimum atomic E-state index is -4.38. The summed E-state index contributed by atoms with van der Waals surface area (Å²) in [6.07, 6.45) is 49.7. The fourth-order valence-electron chi connectivity index (χ4n) is 5.85. The van der Waals surface area contributed by atoms with E-state index in [0.29, 0.717) is 6.42 Å². The average molecular weight is 808 g/mol. The van der Waals surface area contributed by atoms with E-state index >= 15 is 0 Å².